The topological polar surface area (TPSA) is 29.1 Å². The molecule has 1 aliphatic carbocycles. The van der Waals surface area contributed by atoms with E-state index in [1.807, 2.05) is 25.1 Å². The van der Waals surface area contributed by atoms with Crippen molar-refractivity contribution >= 4 is 21.8 Å². The maximum atomic E-state index is 12.3. The maximum absolute atomic E-state index is 12.3. The van der Waals surface area contributed by atoms with Gasteiger partial charge in [0.25, 0.3) is 5.91 Å². The van der Waals surface area contributed by atoms with Gasteiger partial charge in [-0.3, -0.25) is 4.79 Å². The summed E-state index contributed by atoms with van der Waals surface area (Å²) in [5, 5.41) is 3.11. The smallest absolute Gasteiger partial charge is 0.252 e. The van der Waals surface area contributed by atoms with E-state index in [1.165, 1.54) is 32.1 Å². The van der Waals surface area contributed by atoms with Crippen molar-refractivity contribution in [2.45, 2.75) is 46.0 Å². The first-order chi connectivity index (χ1) is 9.02. The number of hydrogen-bond acceptors (Lipinski definition) is 1. The van der Waals surface area contributed by atoms with Crippen LogP contribution in [0.5, 0.6) is 0 Å². The molecule has 1 aromatic carbocycles. The van der Waals surface area contributed by atoms with Crippen molar-refractivity contribution in [2.24, 2.45) is 5.41 Å². The van der Waals surface area contributed by atoms with Gasteiger partial charge in [-0.2, -0.15) is 0 Å². The molecule has 0 spiro atoms. The van der Waals surface area contributed by atoms with Crippen LogP contribution in [0, 0.1) is 12.3 Å². The van der Waals surface area contributed by atoms with Crippen molar-refractivity contribution in [3.05, 3.63) is 33.8 Å². The first-order valence-corrected chi connectivity index (χ1v) is 7.84. The third kappa shape index (κ3) is 3.59. The number of halogens is 1. The van der Waals surface area contributed by atoms with Crippen molar-refractivity contribution in [2.75, 3.05) is 6.54 Å². The highest BCUT2D eigenvalue weighted by Gasteiger charge is 2.27. The first kappa shape index (κ1) is 14.6. The van der Waals surface area contributed by atoms with Crippen LogP contribution in [0.4, 0.5) is 0 Å². The third-order valence-corrected chi connectivity index (χ3v) is 5.23. The first-order valence-electron chi connectivity index (χ1n) is 7.05. The maximum Gasteiger partial charge on any atom is 0.252 e. The summed E-state index contributed by atoms with van der Waals surface area (Å²) in [4.78, 5) is 12.3. The Morgan fingerprint density at radius 2 is 2.00 bits per heavy atom. The molecule has 0 heterocycles. The van der Waals surface area contributed by atoms with Gasteiger partial charge in [0.1, 0.15) is 0 Å². The molecule has 2 rings (SSSR count). The second-order valence-electron chi connectivity index (χ2n) is 5.99. The van der Waals surface area contributed by atoms with Crippen LogP contribution in [0.3, 0.4) is 0 Å². The number of rotatable bonds is 3. The number of nitrogens with one attached hydrogen (secondary N) is 1. The number of aryl methyl sites for hydroxylation is 1. The monoisotopic (exact) mass is 323 g/mol. The van der Waals surface area contributed by atoms with Gasteiger partial charge < -0.3 is 5.32 Å². The normalized spacial score (nSPS) is 18.1. The summed E-state index contributed by atoms with van der Waals surface area (Å²) in [5.41, 5.74) is 2.11. The zero-order chi connectivity index (χ0) is 13.9. The van der Waals surface area contributed by atoms with E-state index in [-0.39, 0.29) is 11.3 Å². The largest absolute Gasteiger partial charge is 0.351 e. The Bertz CT molecular complexity index is 464. The van der Waals surface area contributed by atoms with Gasteiger partial charge in [0.2, 0.25) is 0 Å². The molecule has 3 heteroatoms. The number of benzene rings is 1. The van der Waals surface area contributed by atoms with E-state index in [0.717, 1.165) is 22.1 Å². The highest BCUT2D eigenvalue weighted by molar-refractivity contribution is 9.10. The second-order valence-corrected chi connectivity index (χ2v) is 6.78. The van der Waals surface area contributed by atoms with Crippen molar-refractivity contribution in [1.29, 1.82) is 0 Å². The lowest BCUT2D eigenvalue weighted by molar-refractivity contribution is 0.0918. The molecule has 19 heavy (non-hydrogen) atoms. The van der Waals surface area contributed by atoms with Gasteiger partial charge in [0.15, 0.2) is 0 Å². The van der Waals surface area contributed by atoms with Crippen LogP contribution in [0.15, 0.2) is 22.7 Å². The van der Waals surface area contributed by atoms with E-state index in [2.05, 4.69) is 28.2 Å². The second kappa shape index (κ2) is 6.08. The van der Waals surface area contributed by atoms with Gasteiger partial charge in [-0.05, 0) is 52.7 Å². The minimum absolute atomic E-state index is 0.0300. The predicted molar refractivity (Wildman–Crippen MR) is 82.4 cm³/mol. The van der Waals surface area contributed by atoms with E-state index in [4.69, 9.17) is 0 Å². The molecule has 0 saturated heterocycles. The van der Waals surface area contributed by atoms with Gasteiger partial charge in [0, 0.05) is 11.0 Å². The van der Waals surface area contributed by atoms with E-state index in [0.29, 0.717) is 0 Å². The van der Waals surface area contributed by atoms with Crippen LogP contribution in [0.25, 0.3) is 0 Å². The molecule has 0 atom stereocenters. The van der Waals surface area contributed by atoms with Crippen molar-refractivity contribution in [1.82, 2.24) is 5.32 Å². The van der Waals surface area contributed by atoms with Crippen LogP contribution in [0.2, 0.25) is 0 Å². The molecule has 1 aromatic rings. The zero-order valence-electron chi connectivity index (χ0n) is 11.8. The molecule has 1 fully saturated rings. The molecule has 1 amide bonds. The quantitative estimate of drug-likeness (QED) is 0.874. The molecule has 104 valence electrons. The number of carbonyl (C=O) groups is 1. The third-order valence-electron chi connectivity index (χ3n) is 4.17. The number of hydrogen-bond donors (Lipinski definition) is 1. The zero-order valence-corrected chi connectivity index (χ0v) is 13.3. The summed E-state index contributed by atoms with van der Waals surface area (Å²) in [6, 6.07) is 5.80. The Labute approximate surface area is 124 Å². The van der Waals surface area contributed by atoms with Gasteiger partial charge >= 0.3 is 0 Å². The highest BCUT2D eigenvalue weighted by Crippen LogP contribution is 2.35. The molecule has 1 N–H and O–H groups in total. The molecule has 0 aromatic heterocycles. The SMILES string of the molecule is Cc1cccc(C(=O)NCC2(C)CCCCC2)c1Br. The summed E-state index contributed by atoms with van der Waals surface area (Å²) < 4.78 is 0.904. The lowest BCUT2D eigenvalue weighted by atomic mass is 9.76. The predicted octanol–water partition coefficient (Wildman–Crippen LogP) is 4.46. The fraction of sp³-hybridized carbons (Fsp3) is 0.562. The summed E-state index contributed by atoms with van der Waals surface area (Å²) in [7, 11) is 0. The Morgan fingerprint density at radius 3 is 2.68 bits per heavy atom. The van der Waals surface area contributed by atoms with E-state index < -0.39 is 0 Å². The standard InChI is InChI=1S/C16H22BrNO/c1-12-7-6-8-13(14(12)17)15(19)18-11-16(2)9-4-3-5-10-16/h6-8H,3-5,9-11H2,1-2H3,(H,18,19). The molecule has 2 nitrogen and oxygen atoms in total. The molecule has 1 aliphatic rings. The van der Waals surface area contributed by atoms with Gasteiger partial charge in [0.05, 0.1) is 5.56 Å². The Balaban J connectivity index is 1.99. The number of amides is 1. The molecular weight excluding hydrogens is 302 g/mol. The fourth-order valence-corrected chi connectivity index (χ4v) is 3.24. The summed E-state index contributed by atoms with van der Waals surface area (Å²) >= 11 is 3.50. The molecule has 1 saturated carbocycles. The van der Waals surface area contributed by atoms with Crippen LogP contribution < -0.4 is 5.32 Å². The molecular formula is C16H22BrNO. The molecule has 0 bridgehead atoms. The minimum Gasteiger partial charge on any atom is -0.351 e. The van der Waals surface area contributed by atoms with Crippen LogP contribution in [-0.4, -0.2) is 12.5 Å². The van der Waals surface area contributed by atoms with Crippen molar-refractivity contribution in [3.8, 4) is 0 Å². The summed E-state index contributed by atoms with van der Waals surface area (Å²) in [5.74, 6) is 0.0300. The molecule has 0 unspecified atom stereocenters. The summed E-state index contributed by atoms with van der Waals surface area (Å²) in [6.07, 6.45) is 6.37. The minimum atomic E-state index is 0.0300. The Hall–Kier alpha value is -0.830. The summed E-state index contributed by atoms with van der Waals surface area (Å²) in [6.45, 7) is 5.08. The van der Waals surface area contributed by atoms with E-state index in [1.54, 1.807) is 0 Å². The van der Waals surface area contributed by atoms with Gasteiger partial charge in [-0.15, -0.1) is 0 Å². The van der Waals surface area contributed by atoms with Crippen LogP contribution in [-0.2, 0) is 0 Å². The Kier molecular flexibility index (Phi) is 4.67. The molecule has 0 aliphatic heterocycles. The molecule has 0 radical (unpaired) electrons. The number of carbonyl (C=O) groups excluding carboxylic acids is 1. The highest BCUT2D eigenvalue weighted by atomic mass is 79.9. The van der Waals surface area contributed by atoms with Gasteiger partial charge in [-0.1, -0.05) is 38.3 Å². The van der Waals surface area contributed by atoms with Crippen LogP contribution >= 0.6 is 15.9 Å². The average molecular weight is 324 g/mol. The fourth-order valence-electron chi connectivity index (χ4n) is 2.79. The van der Waals surface area contributed by atoms with Crippen molar-refractivity contribution < 1.29 is 4.79 Å². The lowest BCUT2D eigenvalue weighted by Crippen LogP contribution is -2.37. The van der Waals surface area contributed by atoms with Gasteiger partial charge in [-0.25, -0.2) is 0 Å². The van der Waals surface area contributed by atoms with Crippen molar-refractivity contribution in [3.63, 3.8) is 0 Å². The Morgan fingerprint density at radius 1 is 1.32 bits per heavy atom. The van der Waals surface area contributed by atoms with Crippen LogP contribution in [0.1, 0.15) is 54.9 Å². The van der Waals surface area contributed by atoms with E-state index >= 15 is 0 Å². The average Bonchev–Trinajstić information content (AvgIpc) is 2.40. The van der Waals surface area contributed by atoms with E-state index in [9.17, 15) is 4.79 Å². The lowest BCUT2D eigenvalue weighted by Gasteiger charge is -2.33.